The van der Waals surface area contributed by atoms with E-state index in [1.165, 1.54) is 0 Å². The van der Waals surface area contributed by atoms with Crippen LogP contribution in [-0.2, 0) is 4.79 Å². The predicted molar refractivity (Wildman–Crippen MR) is 107 cm³/mol. The number of halogens is 1. The number of rotatable bonds is 3. The summed E-state index contributed by atoms with van der Waals surface area (Å²) in [7, 11) is 1.63. The molecule has 0 saturated carbocycles. The summed E-state index contributed by atoms with van der Waals surface area (Å²) in [6.45, 7) is 1.00. The van der Waals surface area contributed by atoms with E-state index in [2.05, 4.69) is 10.3 Å². The van der Waals surface area contributed by atoms with Crippen LogP contribution in [-0.4, -0.2) is 41.8 Å². The maximum Gasteiger partial charge on any atom is 0.270 e. The van der Waals surface area contributed by atoms with Gasteiger partial charge >= 0.3 is 0 Å². The highest BCUT2D eigenvalue weighted by atomic mass is 35.5. The van der Waals surface area contributed by atoms with Crippen molar-refractivity contribution < 1.29 is 9.59 Å². The van der Waals surface area contributed by atoms with Gasteiger partial charge in [-0.15, -0.1) is 0 Å². The molecule has 27 heavy (non-hydrogen) atoms. The van der Waals surface area contributed by atoms with Gasteiger partial charge in [-0.25, -0.2) is 0 Å². The van der Waals surface area contributed by atoms with Crippen LogP contribution < -0.4 is 5.32 Å². The van der Waals surface area contributed by atoms with E-state index in [1.54, 1.807) is 18.0 Å². The van der Waals surface area contributed by atoms with Gasteiger partial charge in [-0.05, 0) is 30.2 Å². The quantitative estimate of drug-likeness (QED) is 0.726. The Balaban J connectivity index is 1.78. The van der Waals surface area contributed by atoms with E-state index in [1.807, 2.05) is 42.5 Å². The molecule has 1 aliphatic rings. The van der Waals surface area contributed by atoms with Crippen LogP contribution in [0.2, 0.25) is 5.02 Å². The van der Waals surface area contributed by atoms with Gasteiger partial charge in [0.1, 0.15) is 5.69 Å². The fourth-order valence-electron chi connectivity index (χ4n) is 3.75. The SMILES string of the molecule is CNC(=O)C1CCN(C(=O)c2[nH]c3ccc(Cl)cc3c2-c2ccccc2)C1. The highest BCUT2D eigenvalue weighted by Gasteiger charge is 2.33. The Hall–Kier alpha value is -2.79. The number of fused-ring (bicyclic) bond motifs is 1. The Morgan fingerprint density at radius 2 is 1.96 bits per heavy atom. The van der Waals surface area contributed by atoms with Crippen LogP contribution in [0, 0.1) is 5.92 Å². The summed E-state index contributed by atoms with van der Waals surface area (Å²) in [5.74, 6) is -0.262. The third kappa shape index (κ3) is 3.19. The molecule has 0 spiro atoms. The molecule has 2 aromatic carbocycles. The third-order valence-corrected chi connectivity index (χ3v) is 5.36. The maximum absolute atomic E-state index is 13.3. The average molecular weight is 382 g/mol. The summed E-state index contributed by atoms with van der Waals surface area (Å²) >= 11 is 6.21. The molecule has 4 rings (SSSR count). The Bertz CT molecular complexity index is 1010. The van der Waals surface area contributed by atoms with E-state index < -0.39 is 0 Å². The number of amides is 2. The number of benzene rings is 2. The van der Waals surface area contributed by atoms with Gasteiger partial charge in [0.05, 0.1) is 5.92 Å². The van der Waals surface area contributed by atoms with Crippen LogP contribution in [0.4, 0.5) is 0 Å². The molecule has 5 nitrogen and oxygen atoms in total. The topological polar surface area (TPSA) is 65.2 Å². The molecule has 0 aliphatic carbocycles. The van der Waals surface area contributed by atoms with Crippen molar-refractivity contribution in [3.8, 4) is 11.1 Å². The minimum absolute atomic E-state index is 0.0167. The minimum atomic E-state index is -0.155. The number of carbonyl (C=O) groups is 2. The van der Waals surface area contributed by atoms with E-state index in [4.69, 9.17) is 11.6 Å². The first-order valence-electron chi connectivity index (χ1n) is 8.96. The molecule has 138 valence electrons. The van der Waals surface area contributed by atoms with Crippen LogP contribution in [0.15, 0.2) is 48.5 Å². The molecule has 1 aliphatic heterocycles. The molecule has 1 aromatic heterocycles. The van der Waals surface area contributed by atoms with Gasteiger partial charge in [0.15, 0.2) is 0 Å². The number of hydrogen-bond donors (Lipinski definition) is 2. The van der Waals surface area contributed by atoms with Crippen LogP contribution in [0.25, 0.3) is 22.0 Å². The summed E-state index contributed by atoms with van der Waals surface area (Å²) in [6, 6.07) is 15.4. The second-order valence-electron chi connectivity index (χ2n) is 6.78. The molecule has 0 radical (unpaired) electrons. The maximum atomic E-state index is 13.3. The molecule has 2 heterocycles. The molecule has 2 N–H and O–H groups in total. The van der Waals surface area contributed by atoms with Gasteiger partial charge in [0.25, 0.3) is 5.91 Å². The summed E-state index contributed by atoms with van der Waals surface area (Å²) in [5.41, 5.74) is 3.21. The number of aromatic nitrogens is 1. The van der Waals surface area contributed by atoms with E-state index in [0.717, 1.165) is 22.0 Å². The lowest BCUT2D eigenvalue weighted by molar-refractivity contribution is -0.124. The fraction of sp³-hybridized carbons (Fsp3) is 0.238. The Morgan fingerprint density at radius 1 is 1.19 bits per heavy atom. The molecule has 6 heteroatoms. The zero-order valence-corrected chi connectivity index (χ0v) is 15.7. The molecule has 1 atom stereocenters. The highest BCUT2D eigenvalue weighted by molar-refractivity contribution is 6.31. The number of H-pyrrole nitrogens is 1. The predicted octanol–water partition coefficient (Wildman–Crippen LogP) is 3.70. The third-order valence-electron chi connectivity index (χ3n) is 5.13. The van der Waals surface area contributed by atoms with Crippen LogP contribution in [0.1, 0.15) is 16.9 Å². The van der Waals surface area contributed by atoms with Crippen LogP contribution >= 0.6 is 11.6 Å². The van der Waals surface area contributed by atoms with Gasteiger partial charge < -0.3 is 15.2 Å². The summed E-state index contributed by atoms with van der Waals surface area (Å²) < 4.78 is 0. The van der Waals surface area contributed by atoms with Crippen LogP contribution in [0.3, 0.4) is 0 Å². The number of nitrogens with zero attached hydrogens (tertiary/aromatic N) is 1. The Labute approximate surface area is 162 Å². The lowest BCUT2D eigenvalue weighted by atomic mass is 10.0. The van der Waals surface area contributed by atoms with E-state index in [0.29, 0.717) is 30.2 Å². The van der Waals surface area contributed by atoms with Crippen molar-refractivity contribution in [2.24, 2.45) is 5.92 Å². The Morgan fingerprint density at radius 3 is 2.70 bits per heavy atom. The lowest BCUT2D eigenvalue weighted by Gasteiger charge is -2.16. The van der Waals surface area contributed by atoms with Gasteiger partial charge in [-0.2, -0.15) is 0 Å². The van der Waals surface area contributed by atoms with Crippen molar-refractivity contribution in [1.82, 2.24) is 15.2 Å². The second-order valence-corrected chi connectivity index (χ2v) is 7.22. The van der Waals surface area contributed by atoms with Gasteiger partial charge in [-0.1, -0.05) is 41.9 Å². The van der Waals surface area contributed by atoms with Crippen molar-refractivity contribution in [3.05, 3.63) is 59.2 Å². The molecular weight excluding hydrogens is 362 g/mol. The number of hydrogen-bond acceptors (Lipinski definition) is 2. The normalized spacial score (nSPS) is 16.7. The van der Waals surface area contributed by atoms with Crippen molar-refractivity contribution >= 4 is 34.3 Å². The van der Waals surface area contributed by atoms with Crippen molar-refractivity contribution in [2.75, 3.05) is 20.1 Å². The number of aromatic amines is 1. The van der Waals surface area contributed by atoms with E-state index >= 15 is 0 Å². The molecular formula is C21H20ClN3O2. The highest BCUT2D eigenvalue weighted by Crippen LogP contribution is 2.35. The van der Waals surface area contributed by atoms with Gasteiger partial charge in [0, 0.05) is 41.6 Å². The first kappa shape index (κ1) is 17.6. The average Bonchev–Trinajstić information content (AvgIpc) is 3.32. The minimum Gasteiger partial charge on any atom is -0.359 e. The van der Waals surface area contributed by atoms with Gasteiger partial charge in [-0.3, -0.25) is 9.59 Å². The first-order valence-corrected chi connectivity index (χ1v) is 9.34. The largest absolute Gasteiger partial charge is 0.359 e. The number of carbonyl (C=O) groups excluding carboxylic acids is 2. The molecule has 0 bridgehead atoms. The molecule has 1 unspecified atom stereocenters. The van der Waals surface area contributed by atoms with Crippen molar-refractivity contribution in [1.29, 1.82) is 0 Å². The molecule has 2 amide bonds. The first-order chi connectivity index (χ1) is 13.1. The van der Waals surface area contributed by atoms with Crippen molar-refractivity contribution in [3.63, 3.8) is 0 Å². The monoisotopic (exact) mass is 381 g/mol. The number of likely N-dealkylation sites (tertiary alicyclic amines) is 1. The number of nitrogens with one attached hydrogen (secondary N) is 2. The van der Waals surface area contributed by atoms with E-state index in [9.17, 15) is 9.59 Å². The summed E-state index contributed by atoms with van der Waals surface area (Å²) in [5, 5.41) is 4.21. The van der Waals surface area contributed by atoms with Crippen molar-refractivity contribution in [2.45, 2.75) is 6.42 Å². The summed E-state index contributed by atoms with van der Waals surface area (Å²) in [4.78, 5) is 30.2. The molecule has 1 saturated heterocycles. The zero-order valence-electron chi connectivity index (χ0n) is 15.0. The summed E-state index contributed by atoms with van der Waals surface area (Å²) in [6.07, 6.45) is 0.679. The lowest BCUT2D eigenvalue weighted by Crippen LogP contribution is -2.33. The molecule has 1 fully saturated rings. The molecule has 3 aromatic rings. The van der Waals surface area contributed by atoms with Gasteiger partial charge in [0.2, 0.25) is 5.91 Å². The van der Waals surface area contributed by atoms with E-state index in [-0.39, 0.29) is 17.7 Å². The standard InChI is InChI=1S/C21H20ClN3O2/c1-23-20(26)14-9-10-25(12-14)21(27)19-18(13-5-3-2-4-6-13)16-11-15(22)7-8-17(16)24-19/h2-8,11,14,24H,9-10,12H2,1H3,(H,23,26). The van der Waals surface area contributed by atoms with Crippen LogP contribution in [0.5, 0.6) is 0 Å². The Kier molecular flexibility index (Phi) is 4.62. The zero-order chi connectivity index (χ0) is 19.0. The smallest absolute Gasteiger partial charge is 0.270 e. The fourth-order valence-corrected chi connectivity index (χ4v) is 3.92. The second kappa shape index (κ2) is 7.08.